The number of hydrogen-bond donors (Lipinski definition) is 5. The summed E-state index contributed by atoms with van der Waals surface area (Å²) < 4.78 is 13.0. The molecule has 9 rings (SSSR count). The van der Waals surface area contributed by atoms with Gasteiger partial charge in [-0.1, -0.05) is 54.8 Å². The number of aromatic hydroxyl groups is 1. The van der Waals surface area contributed by atoms with Crippen LogP contribution in [0.3, 0.4) is 0 Å². The van der Waals surface area contributed by atoms with E-state index in [9.17, 15) is 25.1 Å². The van der Waals surface area contributed by atoms with Gasteiger partial charge >= 0.3 is 0 Å². The number of likely N-dealkylation sites (tertiary alicyclic amines) is 1. The highest BCUT2D eigenvalue weighted by Gasteiger charge is 2.33. The number of β-amino-alcohol motifs (C(OH)–C–C–N with tert-alkyl or cyclic N) is 1. The van der Waals surface area contributed by atoms with Crippen LogP contribution < -0.4 is 20.7 Å². The predicted octanol–water partition coefficient (Wildman–Crippen LogP) is 6.33. The number of nitrogens with zero attached hydrogens (tertiary/aromatic N) is 12. The molecule has 0 radical (unpaired) electrons. The number of thiophene rings is 1. The van der Waals surface area contributed by atoms with E-state index in [2.05, 4.69) is 67.4 Å². The lowest BCUT2D eigenvalue weighted by molar-refractivity contribution is -0.131. The second-order valence-corrected chi connectivity index (χ2v) is 20.3. The molecular formula is C51H70N14O7S2. The summed E-state index contributed by atoms with van der Waals surface area (Å²) in [7, 11) is 0. The van der Waals surface area contributed by atoms with Crippen LogP contribution in [0.2, 0.25) is 0 Å². The highest BCUT2D eigenvalue weighted by molar-refractivity contribution is 7.16. The smallest absolute Gasteiger partial charge is 0.253 e. The normalized spacial score (nSPS) is 17.3. The highest BCUT2D eigenvalue weighted by atomic mass is 32.1. The molecule has 3 aliphatic rings. The zero-order valence-electron chi connectivity index (χ0n) is 43.0. The molecule has 6 N–H and O–H groups in total. The molecule has 6 aromatic rings. The van der Waals surface area contributed by atoms with Gasteiger partial charge in [-0.15, -0.1) is 22.7 Å². The fourth-order valence-corrected chi connectivity index (χ4v) is 10.6. The Morgan fingerprint density at radius 1 is 1.09 bits per heavy atom. The van der Waals surface area contributed by atoms with E-state index in [1.165, 1.54) is 22.4 Å². The van der Waals surface area contributed by atoms with Crippen LogP contribution in [0.5, 0.6) is 11.6 Å². The van der Waals surface area contributed by atoms with Crippen molar-refractivity contribution in [1.82, 2.24) is 55.2 Å². The summed E-state index contributed by atoms with van der Waals surface area (Å²) in [5.74, 6) is 1.88. The van der Waals surface area contributed by atoms with E-state index in [1.807, 2.05) is 19.9 Å². The molecule has 23 heteroatoms. The summed E-state index contributed by atoms with van der Waals surface area (Å²) in [4.78, 5) is 49.5. The van der Waals surface area contributed by atoms with Crippen LogP contribution in [-0.4, -0.2) is 142 Å². The maximum absolute atomic E-state index is 12.4. The number of unbranched alkanes of at least 4 members (excludes halogenated alkanes) is 1. The number of benzene rings is 1. The zero-order valence-corrected chi connectivity index (χ0v) is 44.7. The molecule has 3 atom stereocenters. The molecule has 398 valence electrons. The molecule has 2 fully saturated rings. The van der Waals surface area contributed by atoms with Gasteiger partial charge in [-0.05, 0) is 102 Å². The molecule has 2 aliphatic heterocycles. The standard InChI is InChI=1S/C33H42N12O4S.C12H12N2O2S.C3H8O.C3H8/c1-21-17-42(11-2-3-15-48-27-19-44(41-39-27)20-28(47)43-14-9-22(46)18-43)12-5-13-45(21)33-36-10-8-25(37-33)31-38-32(49-40-31)23-6-4-7-26-29(23)24(16-34)30(35)50-26;1-8-12(17-7-14-8)9-2-3-10(5-13-6-15)11(16)4-9;1-2-3-4;1-3-2/h8,10,19,21-23,46H,2-7,9,11-15,17-18,20,35H2,1H3;2-4,6-7,16H,5H2,1H3,(H,13,15);4H,2-3H2,1H3;3H2,1-2H3. The number of aliphatic hydroxyl groups excluding tert-OH is 2. The van der Waals surface area contributed by atoms with Crippen molar-refractivity contribution in [2.75, 3.05) is 63.1 Å². The molecule has 2 saturated heterocycles. The summed E-state index contributed by atoms with van der Waals surface area (Å²) in [5.41, 5.74) is 12.6. The zero-order chi connectivity index (χ0) is 53.0. The number of aliphatic hydroxyl groups is 2. The molecule has 74 heavy (non-hydrogen) atoms. The molecule has 0 saturated carbocycles. The van der Waals surface area contributed by atoms with Gasteiger partial charge in [-0.25, -0.2) is 19.6 Å². The Morgan fingerprint density at radius 3 is 2.61 bits per heavy atom. The Kier molecular flexibility index (Phi) is 22.0. The molecule has 7 heterocycles. The maximum atomic E-state index is 12.4. The van der Waals surface area contributed by atoms with Gasteiger partial charge in [0, 0.05) is 62.0 Å². The Labute approximate surface area is 440 Å². The molecule has 21 nitrogen and oxygen atoms in total. The van der Waals surface area contributed by atoms with E-state index in [0.29, 0.717) is 91.0 Å². The number of aromatic nitrogens is 8. The average Bonchev–Trinajstić information content (AvgIpc) is 4.27. The van der Waals surface area contributed by atoms with Gasteiger partial charge < -0.3 is 50.3 Å². The number of anilines is 2. The molecule has 1 aromatic carbocycles. The van der Waals surface area contributed by atoms with Gasteiger partial charge in [0.1, 0.15) is 29.1 Å². The Morgan fingerprint density at radius 2 is 1.91 bits per heavy atom. The number of carbonyl (C=O) groups is 2. The van der Waals surface area contributed by atoms with Crippen molar-refractivity contribution in [3.63, 3.8) is 0 Å². The number of amides is 2. The molecule has 1 aliphatic carbocycles. The first-order valence-corrected chi connectivity index (χ1v) is 27.1. The van der Waals surface area contributed by atoms with Crippen molar-refractivity contribution in [3.8, 4) is 39.7 Å². The third kappa shape index (κ3) is 15.5. The number of nitrogen functional groups attached to an aromatic ring is 1. The lowest BCUT2D eigenvalue weighted by Crippen LogP contribution is -2.40. The van der Waals surface area contributed by atoms with E-state index in [0.717, 1.165) is 97.7 Å². The largest absolute Gasteiger partial charge is 0.508 e. The van der Waals surface area contributed by atoms with Crippen molar-refractivity contribution in [2.45, 2.75) is 124 Å². The van der Waals surface area contributed by atoms with Gasteiger partial charge in [0.2, 0.25) is 30.0 Å². The number of ether oxygens (including phenoxy) is 1. The quantitative estimate of drug-likeness (QED) is 0.0523. The molecule has 3 unspecified atom stereocenters. The topological polar surface area (TPSA) is 284 Å². The summed E-state index contributed by atoms with van der Waals surface area (Å²) in [6, 6.07) is 9.69. The third-order valence-corrected chi connectivity index (χ3v) is 14.4. The summed E-state index contributed by atoms with van der Waals surface area (Å²) >= 11 is 3.02. The van der Waals surface area contributed by atoms with Gasteiger partial charge in [0.15, 0.2) is 0 Å². The van der Waals surface area contributed by atoms with Crippen LogP contribution in [0, 0.1) is 18.3 Å². The number of carbonyl (C=O) groups excluding carboxylic acids is 2. The van der Waals surface area contributed by atoms with Crippen LogP contribution in [-0.2, 0) is 29.1 Å². The lowest BCUT2D eigenvalue weighted by atomic mass is 9.85. The monoisotopic (exact) mass is 1050 g/mol. The number of hydrogen-bond acceptors (Lipinski definition) is 20. The number of phenols is 1. The minimum Gasteiger partial charge on any atom is -0.508 e. The third-order valence-electron chi connectivity index (χ3n) is 12.3. The Bertz CT molecular complexity index is 2730. The number of rotatable bonds is 16. The first kappa shape index (κ1) is 56.7. The van der Waals surface area contributed by atoms with Gasteiger partial charge in [0.25, 0.3) is 5.88 Å². The van der Waals surface area contributed by atoms with Gasteiger partial charge in [-0.3, -0.25) is 9.59 Å². The van der Waals surface area contributed by atoms with Crippen molar-refractivity contribution in [3.05, 3.63) is 75.3 Å². The molecule has 0 bridgehead atoms. The number of nitrogens with two attached hydrogens (primary N) is 1. The molecular weight excluding hydrogens is 985 g/mol. The van der Waals surface area contributed by atoms with Gasteiger partial charge in [-0.2, -0.15) is 10.2 Å². The fourth-order valence-electron chi connectivity index (χ4n) is 8.71. The van der Waals surface area contributed by atoms with E-state index in [4.69, 9.17) is 30.1 Å². The summed E-state index contributed by atoms with van der Waals surface area (Å²) in [6.07, 6.45) is 11.8. The average molecular weight is 1060 g/mol. The lowest BCUT2D eigenvalue weighted by Gasteiger charge is -2.29. The van der Waals surface area contributed by atoms with Crippen LogP contribution in [0.15, 0.2) is 46.7 Å². The highest BCUT2D eigenvalue weighted by Crippen LogP contribution is 2.44. The van der Waals surface area contributed by atoms with Crippen molar-refractivity contribution in [2.24, 2.45) is 0 Å². The second kappa shape index (κ2) is 28.8. The number of fused-ring (bicyclic) bond motifs is 1. The molecule has 2 amide bonds. The van der Waals surface area contributed by atoms with Crippen molar-refractivity contribution in [1.29, 1.82) is 5.26 Å². The van der Waals surface area contributed by atoms with Crippen LogP contribution in [0.25, 0.3) is 22.0 Å². The second-order valence-electron chi connectivity index (χ2n) is 18.3. The minimum absolute atomic E-state index is 0.0822. The fraction of sp³-hybridized carbons (Fsp3) is 0.529. The Hall–Kier alpha value is -6.58. The SMILES string of the molecule is CC1CN(CCCCOc2cn(CC(=O)N3CCC(O)C3)nn2)CCCN1c1nccc(-c2noc(C3CCCc4sc(N)c(C#N)c43)n2)n1.CCC.CCCO.Cc1ncsc1-c1ccc(CNC=O)c(O)c1. The van der Waals surface area contributed by atoms with Crippen molar-refractivity contribution >= 4 is 45.9 Å². The number of thiazole rings is 1. The summed E-state index contributed by atoms with van der Waals surface area (Å²) in [6.45, 7) is 16.1. The predicted molar refractivity (Wildman–Crippen MR) is 284 cm³/mol. The first-order valence-electron chi connectivity index (χ1n) is 25.4. The Balaban J connectivity index is 0.000000307. The van der Waals surface area contributed by atoms with E-state index in [1.54, 1.807) is 52.3 Å². The van der Waals surface area contributed by atoms with E-state index < -0.39 is 6.10 Å². The molecule has 5 aromatic heterocycles. The van der Waals surface area contributed by atoms with Crippen LogP contribution >= 0.6 is 22.7 Å². The minimum atomic E-state index is -0.444. The van der Waals surface area contributed by atoms with E-state index >= 15 is 0 Å². The van der Waals surface area contributed by atoms with Gasteiger partial charge in [0.05, 0.1) is 46.5 Å². The number of phenolic OH excluding ortho intramolecular Hbond substituents is 1. The van der Waals surface area contributed by atoms with Crippen LogP contribution in [0.1, 0.15) is 118 Å². The number of nitriles is 1. The van der Waals surface area contributed by atoms with E-state index in [-0.39, 0.29) is 30.2 Å². The van der Waals surface area contributed by atoms with Crippen LogP contribution in [0.4, 0.5) is 10.9 Å². The van der Waals surface area contributed by atoms with Crippen molar-refractivity contribution < 1.29 is 34.2 Å². The first-order chi connectivity index (χ1) is 35.9. The molecule has 0 spiro atoms. The number of aryl methyl sites for hydroxylation is 2. The summed E-state index contributed by atoms with van der Waals surface area (Å²) in [5, 5.41) is 52.5. The maximum Gasteiger partial charge on any atom is 0.253 e. The number of nitrogens with one attached hydrogen (secondary N) is 1.